The molecule has 3 N–H and O–H groups in total. The molecule has 0 saturated heterocycles. The van der Waals surface area contributed by atoms with Gasteiger partial charge < -0.3 is 20.5 Å². The molecule has 0 heterocycles. The fourth-order valence-corrected chi connectivity index (χ4v) is 1.84. The lowest BCUT2D eigenvalue weighted by Crippen LogP contribution is -2.50. The predicted octanol–water partition coefficient (Wildman–Crippen LogP) is 1.67. The van der Waals surface area contributed by atoms with E-state index in [1.54, 1.807) is 0 Å². The van der Waals surface area contributed by atoms with E-state index >= 15 is 0 Å². The van der Waals surface area contributed by atoms with Crippen molar-refractivity contribution in [2.75, 3.05) is 0 Å². The van der Waals surface area contributed by atoms with E-state index in [-0.39, 0.29) is 6.61 Å². The first-order valence-corrected chi connectivity index (χ1v) is 7.44. The number of carbonyl (C=O) groups is 3. The molecule has 23 heavy (non-hydrogen) atoms. The van der Waals surface area contributed by atoms with Crippen LogP contribution < -0.4 is 10.6 Å². The van der Waals surface area contributed by atoms with Crippen LogP contribution in [-0.2, 0) is 20.9 Å². The number of carboxylic acid groups (broad SMARTS) is 1. The minimum atomic E-state index is -1.14. The van der Waals surface area contributed by atoms with Crippen molar-refractivity contribution in [3.8, 4) is 0 Å². The van der Waals surface area contributed by atoms with Crippen LogP contribution >= 0.6 is 0 Å². The number of benzene rings is 1. The number of carboxylic acids is 1. The molecule has 0 radical (unpaired) electrons. The predicted molar refractivity (Wildman–Crippen MR) is 83.7 cm³/mol. The zero-order chi connectivity index (χ0) is 17.2. The van der Waals surface area contributed by atoms with Crippen molar-refractivity contribution < 1.29 is 24.2 Å². The molecular weight excluding hydrogens is 300 g/mol. The Labute approximate surface area is 135 Å². The lowest BCUT2D eigenvalue weighted by Gasteiger charge is -2.19. The van der Waals surface area contributed by atoms with Gasteiger partial charge in [-0.3, -0.25) is 9.59 Å². The third kappa shape index (κ3) is 6.82. The van der Waals surface area contributed by atoms with Crippen molar-refractivity contribution in [3.63, 3.8) is 0 Å². The number of carbonyl (C=O) groups excluding carboxylic acids is 2. The SMILES string of the molecule is CCCC(NC(=O)OCc1ccccc1)C(=O)N[C@H](C)C(=O)O. The van der Waals surface area contributed by atoms with E-state index in [0.717, 1.165) is 5.56 Å². The van der Waals surface area contributed by atoms with Gasteiger partial charge in [-0.15, -0.1) is 0 Å². The molecule has 2 amide bonds. The molecule has 0 saturated carbocycles. The Morgan fingerprint density at radius 1 is 1.17 bits per heavy atom. The van der Waals surface area contributed by atoms with Gasteiger partial charge >= 0.3 is 12.1 Å². The Morgan fingerprint density at radius 3 is 2.39 bits per heavy atom. The highest BCUT2D eigenvalue weighted by molar-refractivity contribution is 5.89. The number of hydrogen-bond donors (Lipinski definition) is 3. The lowest BCUT2D eigenvalue weighted by atomic mass is 10.1. The average molecular weight is 322 g/mol. The Kier molecular flexibility index (Phi) is 7.59. The topological polar surface area (TPSA) is 105 Å². The molecule has 1 unspecified atom stereocenters. The highest BCUT2D eigenvalue weighted by Gasteiger charge is 2.23. The average Bonchev–Trinajstić information content (AvgIpc) is 2.53. The Balaban J connectivity index is 2.52. The molecule has 1 rings (SSSR count). The van der Waals surface area contributed by atoms with E-state index < -0.39 is 30.1 Å². The van der Waals surface area contributed by atoms with Crippen LogP contribution in [0.15, 0.2) is 30.3 Å². The summed E-state index contributed by atoms with van der Waals surface area (Å²) in [6.07, 6.45) is 0.322. The molecule has 0 aromatic heterocycles. The summed E-state index contributed by atoms with van der Waals surface area (Å²) in [6, 6.07) is 7.30. The van der Waals surface area contributed by atoms with Gasteiger partial charge in [-0.2, -0.15) is 0 Å². The molecule has 1 aromatic rings. The zero-order valence-corrected chi connectivity index (χ0v) is 13.2. The quantitative estimate of drug-likeness (QED) is 0.675. The number of alkyl carbamates (subject to hydrolysis) is 1. The molecule has 0 bridgehead atoms. The molecule has 7 nitrogen and oxygen atoms in total. The Bertz CT molecular complexity index is 533. The van der Waals surface area contributed by atoms with Gasteiger partial charge in [0.15, 0.2) is 0 Å². The van der Waals surface area contributed by atoms with Crippen LogP contribution in [0.3, 0.4) is 0 Å². The van der Waals surface area contributed by atoms with Crippen molar-refractivity contribution in [3.05, 3.63) is 35.9 Å². The molecule has 2 atom stereocenters. The molecule has 0 aliphatic rings. The van der Waals surface area contributed by atoms with E-state index in [2.05, 4.69) is 10.6 Å². The second kappa shape index (κ2) is 9.45. The van der Waals surface area contributed by atoms with Crippen molar-refractivity contribution in [2.45, 2.75) is 45.4 Å². The first-order valence-electron chi connectivity index (χ1n) is 7.44. The number of nitrogens with one attached hydrogen (secondary N) is 2. The molecule has 0 spiro atoms. The fraction of sp³-hybridized carbons (Fsp3) is 0.438. The van der Waals surface area contributed by atoms with Gasteiger partial charge in [0, 0.05) is 0 Å². The summed E-state index contributed by atoms with van der Waals surface area (Å²) in [4.78, 5) is 34.6. The van der Waals surface area contributed by atoms with Crippen LogP contribution in [0.2, 0.25) is 0 Å². The molecule has 126 valence electrons. The maximum atomic E-state index is 12.0. The smallest absolute Gasteiger partial charge is 0.408 e. The first kappa shape index (κ1) is 18.5. The van der Waals surface area contributed by atoms with E-state index in [4.69, 9.17) is 9.84 Å². The Morgan fingerprint density at radius 2 is 1.83 bits per heavy atom. The molecule has 0 aliphatic heterocycles. The first-order chi connectivity index (χ1) is 10.9. The highest BCUT2D eigenvalue weighted by atomic mass is 16.5. The maximum absolute atomic E-state index is 12.0. The largest absolute Gasteiger partial charge is 0.480 e. The van der Waals surface area contributed by atoms with E-state index in [1.165, 1.54) is 6.92 Å². The number of ether oxygens (including phenoxy) is 1. The molecule has 1 aromatic carbocycles. The third-order valence-corrected chi connectivity index (χ3v) is 3.13. The molecular formula is C16H22N2O5. The minimum absolute atomic E-state index is 0.0959. The maximum Gasteiger partial charge on any atom is 0.408 e. The molecule has 7 heteroatoms. The monoisotopic (exact) mass is 322 g/mol. The van der Waals surface area contributed by atoms with Crippen molar-refractivity contribution >= 4 is 18.0 Å². The van der Waals surface area contributed by atoms with Crippen LogP contribution in [0.4, 0.5) is 4.79 Å². The molecule has 0 fully saturated rings. The summed E-state index contributed by atoms with van der Waals surface area (Å²) < 4.78 is 5.06. The van der Waals surface area contributed by atoms with Crippen LogP contribution in [0.25, 0.3) is 0 Å². The van der Waals surface area contributed by atoms with Crippen molar-refractivity contribution in [1.29, 1.82) is 0 Å². The number of aliphatic carboxylic acids is 1. The fourth-order valence-electron chi connectivity index (χ4n) is 1.84. The van der Waals surface area contributed by atoms with Gasteiger partial charge in [-0.1, -0.05) is 43.7 Å². The van der Waals surface area contributed by atoms with E-state index in [1.807, 2.05) is 37.3 Å². The van der Waals surface area contributed by atoms with Gasteiger partial charge in [0.25, 0.3) is 0 Å². The minimum Gasteiger partial charge on any atom is -0.480 e. The van der Waals surface area contributed by atoms with Gasteiger partial charge in [-0.05, 0) is 18.9 Å². The second-order valence-corrected chi connectivity index (χ2v) is 5.12. The van der Waals surface area contributed by atoms with E-state index in [0.29, 0.717) is 12.8 Å². The van der Waals surface area contributed by atoms with Crippen LogP contribution in [0.1, 0.15) is 32.3 Å². The normalized spacial score (nSPS) is 12.8. The summed E-state index contributed by atoms with van der Waals surface area (Å²) in [7, 11) is 0. The van der Waals surface area contributed by atoms with Crippen LogP contribution in [-0.4, -0.2) is 35.2 Å². The summed E-state index contributed by atoms with van der Waals surface area (Å²) in [5.41, 5.74) is 0.832. The highest BCUT2D eigenvalue weighted by Crippen LogP contribution is 2.03. The van der Waals surface area contributed by atoms with Crippen molar-refractivity contribution in [2.24, 2.45) is 0 Å². The standard InChI is InChI=1S/C16H22N2O5/c1-3-7-13(14(19)17-11(2)15(20)21)18-16(22)23-10-12-8-5-4-6-9-12/h4-6,8-9,11,13H,3,7,10H2,1-2H3,(H,17,19)(H,18,22)(H,20,21)/t11-,13?/m1/s1. The lowest BCUT2D eigenvalue weighted by molar-refractivity contribution is -0.141. The van der Waals surface area contributed by atoms with Gasteiger partial charge in [0.1, 0.15) is 18.7 Å². The van der Waals surface area contributed by atoms with E-state index in [9.17, 15) is 14.4 Å². The number of amides is 2. The summed E-state index contributed by atoms with van der Waals surface area (Å²) in [5, 5.41) is 13.6. The summed E-state index contributed by atoms with van der Waals surface area (Å²) >= 11 is 0. The third-order valence-electron chi connectivity index (χ3n) is 3.13. The van der Waals surface area contributed by atoms with Crippen LogP contribution in [0.5, 0.6) is 0 Å². The summed E-state index contributed by atoms with van der Waals surface area (Å²) in [6.45, 7) is 3.31. The number of hydrogen-bond acceptors (Lipinski definition) is 4. The molecule has 0 aliphatic carbocycles. The summed E-state index contributed by atoms with van der Waals surface area (Å²) in [5.74, 6) is -1.68. The van der Waals surface area contributed by atoms with Gasteiger partial charge in [-0.25, -0.2) is 4.79 Å². The zero-order valence-electron chi connectivity index (χ0n) is 13.2. The van der Waals surface area contributed by atoms with Crippen LogP contribution in [0, 0.1) is 0 Å². The van der Waals surface area contributed by atoms with Gasteiger partial charge in [0.05, 0.1) is 0 Å². The van der Waals surface area contributed by atoms with Crippen molar-refractivity contribution in [1.82, 2.24) is 10.6 Å². The Hall–Kier alpha value is -2.57. The van der Waals surface area contributed by atoms with Gasteiger partial charge in [0.2, 0.25) is 5.91 Å². The number of rotatable bonds is 8. The second-order valence-electron chi connectivity index (χ2n) is 5.12.